The molecule has 0 saturated carbocycles. The van der Waals surface area contributed by atoms with E-state index in [2.05, 4.69) is 55.6 Å². The molecule has 0 aliphatic carbocycles. The number of nitrogens with one attached hydrogen (secondary N) is 1. The molecule has 0 aromatic carbocycles. The summed E-state index contributed by atoms with van der Waals surface area (Å²) >= 11 is 0. The van der Waals surface area contributed by atoms with E-state index in [-0.39, 0.29) is 18.5 Å². The number of hydrogen-bond acceptors (Lipinski definition) is 5. The van der Waals surface area contributed by atoms with Gasteiger partial charge >= 0.3 is 5.97 Å². The van der Waals surface area contributed by atoms with E-state index < -0.39 is 12.1 Å². The van der Waals surface area contributed by atoms with Gasteiger partial charge in [-0.05, 0) is 89.9 Å². The van der Waals surface area contributed by atoms with Crippen molar-refractivity contribution >= 4 is 11.9 Å². The second kappa shape index (κ2) is 60.4. The van der Waals surface area contributed by atoms with Crippen LogP contribution >= 0.6 is 0 Å². The van der Waals surface area contributed by atoms with E-state index in [1.807, 2.05) is 6.08 Å². The molecule has 0 aliphatic heterocycles. The minimum atomic E-state index is -0.843. The molecule has 1 amide bonds. The van der Waals surface area contributed by atoms with Gasteiger partial charge in [-0.3, -0.25) is 9.59 Å². The van der Waals surface area contributed by atoms with E-state index in [9.17, 15) is 19.8 Å². The van der Waals surface area contributed by atoms with Crippen molar-refractivity contribution in [2.45, 2.75) is 341 Å². The summed E-state index contributed by atoms with van der Waals surface area (Å²) in [6.07, 6.45) is 77.4. The van der Waals surface area contributed by atoms with Gasteiger partial charge in [-0.25, -0.2) is 0 Å². The van der Waals surface area contributed by atoms with E-state index in [0.717, 1.165) is 51.4 Å². The Morgan fingerprint density at radius 3 is 1.08 bits per heavy atom. The number of rotatable bonds is 58. The van der Waals surface area contributed by atoms with Crippen LogP contribution in [0, 0.1) is 0 Å². The van der Waals surface area contributed by atoms with E-state index in [0.29, 0.717) is 19.4 Å². The van der Waals surface area contributed by atoms with Gasteiger partial charge in [-0.15, -0.1) is 0 Å². The van der Waals surface area contributed by atoms with Crippen molar-refractivity contribution in [3.8, 4) is 0 Å². The number of carbonyl (C=O) groups is 2. The van der Waals surface area contributed by atoms with Crippen molar-refractivity contribution < 1.29 is 24.5 Å². The molecule has 0 aromatic heterocycles. The number of hydrogen-bond donors (Lipinski definition) is 3. The largest absolute Gasteiger partial charge is 0.466 e. The molecule has 0 saturated heterocycles. The lowest BCUT2D eigenvalue weighted by Crippen LogP contribution is -2.45. The van der Waals surface area contributed by atoms with E-state index in [1.165, 1.54) is 250 Å². The quantitative estimate of drug-likeness (QED) is 0.0321. The molecule has 2 unspecified atom stereocenters. The summed E-state index contributed by atoms with van der Waals surface area (Å²) in [7, 11) is 0. The summed E-state index contributed by atoms with van der Waals surface area (Å²) in [5, 5.41) is 22.9. The Labute approximate surface area is 442 Å². The van der Waals surface area contributed by atoms with Gasteiger partial charge in [0.15, 0.2) is 0 Å². The highest BCUT2D eigenvalue weighted by Gasteiger charge is 2.18. The van der Waals surface area contributed by atoms with Crippen LogP contribution < -0.4 is 5.32 Å². The Bertz CT molecular complexity index is 1190. The molecule has 0 fully saturated rings. The third-order valence-electron chi connectivity index (χ3n) is 14.3. The average molecular weight is 997 g/mol. The van der Waals surface area contributed by atoms with Crippen molar-refractivity contribution in [2.75, 3.05) is 13.2 Å². The molecule has 3 N–H and O–H groups in total. The fraction of sp³-hybridized carbons (Fsp3) is 0.846. The van der Waals surface area contributed by atoms with E-state index >= 15 is 0 Å². The molecule has 0 rings (SSSR count). The highest BCUT2D eigenvalue weighted by atomic mass is 16.5. The molecule has 416 valence electrons. The fourth-order valence-electron chi connectivity index (χ4n) is 9.48. The summed E-state index contributed by atoms with van der Waals surface area (Å²) in [6.45, 7) is 4.87. The smallest absolute Gasteiger partial charge is 0.305 e. The van der Waals surface area contributed by atoms with Crippen LogP contribution in [0.2, 0.25) is 0 Å². The number of aliphatic hydroxyl groups excluding tert-OH is 2. The maximum absolute atomic E-state index is 12.4. The van der Waals surface area contributed by atoms with Gasteiger partial charge in [-0.2, -0.15) is 0 Å². The number of ether oxygens (including phenoxy) is 1. The second-order valence-electron chi connectivity index (χ2n) is 21.4. The highest BCUT2D eigenvalue weighted by molar-refractivity contribution is 5.76. The number of esters is 1. The molecule has 0 heterocycles. The predicted molar refractivity (Wildman–Crippen MR) is 310 cm³/mol. The van der Waals surface area contributed by atoms with Crippen LogP contribution in [0.15, 0.2) is 48.6 Å². The lowest BCUT2D eigenvalue weighted by molar-refractivity contribution is -0.143. The van der Waals surface area contributed by atoms with Gasteiger partial charge in [0.1, 0.15) is 0 Å². The molecule has 0 bridgehead atoms. The number of allylic oxidation sites excluding steroid dienone is 7. The van der Waals surface area contributed by atoms with Crippen molar-refractivity contribution in [1.29, 1.82) is 0 Å². The minimum absolute atomic E-state index is 0.00389. The Kier molecular flexibility index (Phi) is 58.5. The molecule has 0 aliphatic rings. The van der Waals surface area contributed by atoms with Crippen LogP contribution in [0.4, 0.5) is 0 Å². The van der Waals surface area contributed by atoms with Gasteiger partial charge in [0.2, 0.25) is 5.91 Å². The normalized spacial score (nSPS) is 12.9. The van der Waals surface area contributed by atoms with Gasteiger partial charge < -0.3 is 20.3 Å². The average Bonchev–Trinajstić information content (AvgIpc) is 3.37. The molecular weight excluding hydrogens is 875 g/mol. The third-order valence-corrected chi connectivity index (χ3v) is 14.3. The number of unbranched alkanes of at least 4 members (excludes halogenated alkanes) is 41. The third kappa shape index (κ3) is 57.0. The molecule has 6 heteroatoms. The first-order valence-electron chi connectivity index (χ1n) is 31.4. The van der Waals surface area contributed by atoms with Crippen molar-refractivity contribution in [3.63, 3.8) is 0 Å². The Balaban J connectivity index is 3.39. The van der Waals surface area contributed by atoms with Gasteiger partial charge in [0.25, 0.3) is 0 Å². The number of aliphatic hydroxyl groups is 2. The monoisotopic (exact) mass is 996 g/mol. The molecule has 0 spiro atoms. The van der Waals surface area contributed by atoms with Gasteiger partial charge in [0, 0.05) is 12.8 Å². The van der Waals surface area contributed by atoms with Crippen LogP contribution in [0.3, 0.4) is 0 Å². The van der Waals surface area contributed by atoms with Crippen molar-refractivity contribution in [3.05, 3.63) is 48.6 Å². The van der Waals surface area contributed by atoms with Crippen LogP contribution in [-0.2, 0) is 14.3 Å². The summed E-state index contributed by atoms with van der Waals surface area (Å²) in [5.74, 6) is -0.0679. The molecule has 2 atom stereocenters. The lowest BCUT2D eigenvalue weighted by Gasteiger charge is -2.20. The van der Waals surface area contributed by atoms with Crippen molar-refractivity contribution in [2.24, 2.45) is 0 Å². The maximum atomic E-state index is 12.4. The Morgan fingerprint density at radius 2 is 0.704 bits per heavy atom. The standard InChI is InChI=1S/C65H121NO5/c1-3-5-7-9-11-13-14-15-16-33-36-39-43-47-51-55-59-65(70)71-60-56-52-48-44-40-37-34-31-29-27-25-23-21-19-17-18-20-22-24-26-28-30-32-35-38-42-46-50-54-58-64(69)66-62(61-67)63(68)57-53-49-45-41-12-10-8-6-4-2/h16-17,19,23,25,33,53,57,62-63,67-68H,3-15,18,20-22,24,26-32,34-52,54-56,58-61H2,1-2H3,(H,66,69)/b19-17-,25-23-,33-16-,57-53+. The molecule has 0 radical (unpaired) electrons. The SMILES string of the molecule is CCCCCCCCC/C=C\CCCCCCCC(=O)OCCCCCCCCCCC/C=C\C/C=C\CCCCCCCCCCCCCCCC(=O)NC(CO)C(O)/C=C/CCCCCCCCC. The summed E-state index contributed by atoms with van der Waals surface area (Å²) in [4.78, 5) is 24.5. The molecular formula is C65H121NO5. The van der Waals surface area contributed by atoms with Gasteiger partial charge in [-0.1, -0.05) is 274 Å². The highest BCUT2D eigenvalue weighted by Crippen LogP contribution is 2.16. The zero-order valence-corrected chi connectivity index (χ0v) is 47.5. The molecule has 6 nitrogen and oxygen atoms in total. The summed E-state index contributed by atoms with van der Waals surface area (Å²) in [6, 6.07) is -0.627. The minimum Gasteiger partial charge on any atom is -0.466 e. The van der Waals surface area contributed by atoms with Crippen LogP contribution in [-0.4, -0.2) is 47.4 Å². The first-order valence-corrected chi connectivity index (χ1v) is 31.4. The lowest BCUT2D eigenvalue weighted by atomic mass is 10.0. The molecule has 71 heavy (non-hydrogen) atoms. The maximum Gasteiger partial charge on any atom is 0.305 e. The van der Waals surface area contributed by atoms with E-state index in [4.69, 9.17) is 4.74 Å². The topological polar surface area (TPSA) is 95.9 Å². The predicted octanol–water partition coefficient (Wildman–Crippen LogP) is 19.7. The fourth-order valence-corrected chi connectivity index (χ4v) is 9.48. The van der Waals surface area contributed by atoms with Crippen molar-refractivity contribution in [1.82, 2.24) is 5.32 Å². The summed E-state index contributed by atoms with van der Waals surface area (Å²) < 4.78 is 5.48. The van der Waals surface area contributed by atoms with Gasteiger partial charge in [0.05, 0.1) is 25.4 Å². The summed E-state index contributed by atoms with van der Waals surface area (Å²) in [5.41, 5.74) is 0. The van der Waals surface area contributed by atoms with Crippen LogP contribution in [0.25, 0.3) is 0 Å². The molecule has 0 aromatic rings. The second-order valence-corrected chi connectivity index (χ2v) is 21.4. The van der Waals surface area contributed by atoms with Crippen LogP contribution in [0.5, 0.6) is 0 Å². The number of amides is 1. The van der Waals surface area contributed by atoms with E-state index in [1.54, 1.807) is 6.08 Å². The first-order chi connectivity index (χ1) is 35.0. The number of carbonyl (C=O) groups excluding carboxylic acids is 2. The zero-order chi connectivity index (χ0) is 51.4. The zero-order valence-electron chi connectivity index (χ0n) is 47.5. The Hall–Kier alpha value is -2.18. The Morgan fingerprint density at radius 1 is 0.394 bits per heavy atom. The first kappa shape index (κ1) is 68.8. The van der Waals surface area contributed by atoms with Crippen LogP contribution in [0.1, 0.15) is 328 Å².